The van der Waals surface area contributed by atoms with Crippen LogP contribution in [0.25, 0.3) is 0 Å². The molecule has 0 amide bonds. The number of carboxylic acid groups (broad SMARTS) is 1. The van der Waals surface area contributed by atoms with E-state index >= 15 is 0 Å². The molecule has 2 N–H and O–H groups in total. The van der Waals surface area contributed by atoms with Crippen LogP contribution in [-0.4, -0.2) is 38.7 Å². The van der Waals surface area contributed by atoms with Gasteiger partial charge < -0.3 is 14.8 Å². The molecule has 110 valence electrons. The van der Waals surface area contributed by atoms with Crippen LogP contribution < -0.4 is 5.43 Å². The number of aryl methyl sites for hydroxylation is 1. The number of nitrogens with zero attached hydrogens (tertiary/aromatic N) is 2. The van der Waals surface area contributed by atoms with Gasteiger partial charge in [-0.3, -0.25) is 14.5 Å². The van der Waals surface area contributed by atoms with Crippen LogP contribution in [0.4, 0.5) is 0 Å². The molecule has 2 heterocycles. The number of rotatable bonds is 3. The van der Waals surface area contributed by atoms with Gasteiger partial charge in [-0.1, -0.05) is 0 Å². The largest absolute Gasteiger partial charge is 0.503 e. The van der Waals surface area contributed by atoms with Crippen molar-refractivity contribution in [3.05, 3.63) is 27.7 Å². The molecular weight excluding hydrogens is 260 g/mol. The minimum Gasteiger partial charge on any atom is -0.503 e. The Morgan fingerprint density at radius 2 is 2.20 bits per heavy atom. The molecule has 0 saturated carbocycles. The van der Waals surface area contributed by atoms with E-state index in [0.717, 1.165) is 18.7 Å². The maximum atomic E-state index is 11.7. The van der Waals surface area contributed by atoms with E-state index in [1.165, 1.54) is 6.07 Å². The Hall–Kier alpha value is -1.82. The zero-order valence-corrected chi connectivity index (χ0v) is 11.8. The Kier molecular flexibility index (Phi) is 4.13. The monoisotopic (exact) mass is 280 g/mol. The summed E-state index contributed by atoms with van der Waals surface area (Å²) >= 11 is 0. The van der Waals surface area contributed by atoms with Gasteiger partial charge in [0.2, 0.25) is 5.43 Å². The van der Waals surface area contributed by atoms with Crippen molar-refractivity contribution in [2.45, 2.75) is 26.3 Å². The molecule has 1 aliphatic heterocycles. The van der Waals surface area contributed by atoms with Crippen LogP contribution in [-0.2, 0) is 18.4 Å². The van der Waals surface area contributed by atoms with Crippen LogP contribution in [0.2, 0.25) is 0 Å². The quantitative estimate of drug-likeness (QED) is 0.851. The molecule has 6 nitrogen and oxygen atoms in total. The second kappa shape index (κ2) is 5.66. The third-order valence-corrected chi connectivity index (χ3v) is 4.01. The van der Waals surface area contributed by atoms with E-state index in [9.17, 15) is 14.7 Å². The number of hydrogen-bond donors (Lipinski definition) is 2. The predicted octanol–water partition coefficient (Wildman–Crippen LogP) is 0.696. The third-order valence-electron chi connectivity index (χ3n) is 4.01. The zero-order valence-electron chi connectivity index (χ0n) is 11.8. The number of aromatic hydroxyl groups is 1. The topological polar surface area (TPSA) is 82.8 Å². The van der Waals surface area contributed by atoms with Gasteiger partial charge in [-0.2, -0.15) is 0 Å². The van der Waals surface area contributed by atoms with Crippen LogP contribution in [0.3, 0.4) is 0 Å². The zero-order chi connectivity index (χ0) is 14.9. The lowest BCUT2D eigenvalue weighted by molar-refractivity contribution is -0.143. The van der Waals surface area contributed by atoms with Gasteiger partial charge in [0.15, 0.2) is 5.75 Å². The number of pyridine rings is 1. The summed E-state index contributed by atoms with van der Waals surface area (Å²) in [5.41, 5.74) is 0.929. The summed E-state index contributed by atoms with van der Waals surface area (Å²) in [6.45, 7) is 3.44. The summed E-state index contributed by atoms with van der Waals surface area (Å²) in [5, 5.41) is 19.0. The van der Waals surface area contributed by atoms with E-state index in [4.69, 9.17) is 5.11 Å². The SMILES string of the molecule is Cc1cc(=O)c(O)c(CN2CCCC(C(=O)O)C2)n1C. The number of aliphatic carboxylic acids is 1. The van der Waals surface area contributed by atoms with Crippen molar-refractivity contribution in [2.24, 2.45) is 13.0 Å². The summed E-state index contributed by atoms with van der Waals surface area (Å²) in [6.07, 6.45) is 1.50. The number of carboxylic acids is 1. The van der Waals surface area contributed by atoms with E-state index < -0.39 is 5.97 Å². The van der Waals surface area contributed by atoms with Crippen molar-refractivity contribution < 1.29 is 15.0 Å². The lowest BCUT2D eigenvalue weighted by atomic mass is 9.98. The molecule has 6 heteroatoms. The van der Waals surface area contributed by atoms with E-state index in [0.29, 0.717) is 25.2 Å². The second-order valence-electron chi connectivity index (χ2n) is 5.42. The average Bonchev–Trinajstić information content (AvgIpc) is 2.42. The lowest BCUT2D eigenvalue weighted by Gasteiger charge is -2.31. The highest BCUT2D eigenvalue weighted by molar-refractivity contribution is 5.70. The molecule has 1 fully saturated rings. The smallest absolute Gasteiger partial charge is 0.307 e. The highest BCUT2D eigenvalue weighted by atomic mass is 16.4. The number of likely N-dealkylation sites (tertiary alicyclic amines) is 1. The molecule has 0 aliphatic carbocycles. The molecular formula is C14H20N2O4. The Labute approximate surface area is 117 Å². The summed E-state index contributed by atoms with van der Waals surface area (Å²) in [6, 6.07) is 1.40. The van der Waals surface area contributed by atoms with Gasteiger partial charge in [-0.05, 0) is 26.3 Å². The summed E-state index contributed by atoms with van der Waals surface area (Å²) in [5.74, 6) is -1.39. The maximum Gasteiger partial charge on any atom is 0.307 e. The fraction of sp³-hybridized carbons (Fsp3) is 0.571. The molecule has 1 aliphatic rings. The van der Waals surface area contributed by atoms with Gasteiger partial charge in [-0.25, -0.2) is 0 Å². The Bertz CT molecular complexity index is 579. The van der Waals surface area contributed by atoms with E-state index in [1.54, 1.807) is 18.5 Å². The van der Waals surface area contributed by atoms with Gasteiger partial charge in [0.05, 0.1) is 11.6 Å². The van der Waals surface area contributed by atoms with Crippen LogP contribution in [0.15, 0.2) is 10.9 Å². The Balaban J connectivity index is 2.22. The molecule has 1 aromatic rings. The Morgan fingerprint density at radius 1 is 1.50 bits per heavy atom. The minimum atomic E-state index is -0.781. The van der Waals surface area contributed by atoms with Crippen LogP contribution in [0.1, 0.15) is 24.2 Å². The number of aromatic nitrogens is 1. The first-order chi connectivity index (χ1) is 9.40. The molecule has 1 saturated heterocycles. The van der Waals surface area contributed by atoms with E-state index in [1.807, 2.05) is 4.90 Å². The van der Waals surface area contributed by atoms with E-state index in [-0.39, 0.29) is 17.1 Å². The van der Waals surface area contributed by atoms with Gasteiger partial charge >= 0.3 is 5.97 Å². The normalized spacial score (nSPS) is 20.0. The highest BCUT2D eigenvalue weighted by Crippen LogP contribution is 2.21. The fourth-order valence-corrected chi connectivity index (χ4v) is 2.66. The van der Waals surface area contributed by atoms with Crippen molar-refractivity contribution in [1.29, 1.82) is 0 Å². The molecule has 0 bridgehead atoms. The summed E-state index contributed by atoms with van der Waals surface area (Å²) < 4.78 is 1.78. The molecule has 20 heavy (non-hydrogen) atoms. The van der Waals surface area contributed by atoms with Gasteiger partial charge in [-0.15, -0.1) is 0 Å². The van der Waals surface area contributed by atoms with Crippen molar-refractivity contribution in [1.82, 2.24) is 9.47 Å². The van der Waals surface area contributed by atoms with Crippen molar-refractivity contribution in [2.75, 3.05) is 13.1 Å². The van der Waals surface area contributed by atoms with Crippen LogP contribution >= 0.6 is 0 Å². The first kappa shape index (κ1) is 14.6. The van der Waals surface area contributed by atoms with Gasteiger partial charge in [0.1, 0.15) is 0 Å². The van der Waals surface area contributed by atoms with Crippen molar-refractivity contribution in [3.8, 4) is 5.75 Å². The Morgan fingerprint density at radius 3 is 2.85 bits per heavy atom. The van der Waals surface area contributed by atoms with E-state index in [2.05, 4.69) is 0 Å². The number of hydrogen-bond acceptors (Lipinski definition) is 4. The summed E-state index contributed by atoms with van der Waals surface area (Å²) in [4.78, 5) is 24.7. The standard InChI is InChI=1S/C14H20N2O4/c1-9-6-12(17)13(18)11(15(9)2)8-16-5-3-4-10(7-16)14(19)20/h6,10,18H,3-5,7-8H2,1-2H3,(H,19,20). The number of carbonyl (C=O) groups is 1. The molecule has 1 aromatic heterocycles. The predicted molar refractivity (Wildman–Crippen MR) is 73.7 cm³/mol. The number of piperidine rings is 1. The minimum absolute atomic E-state index is 0.240. The average molecular weight is 280 g/mol. The fourth-order valence-electron chi connectivity index (χ4n) is 2.66. The van der Waals surface area contributed by atoms with Crippen molar-refractivity contribution >= 4 is 5.97 Å². The van der Waals surface area contributed by atoms with Gasteiger partial charge in [0, 0.05) is 31.9 Å². The van der Waals surface area contributed by atoms with Crippen molar-refractivity contribution in [3.63, 3.8) is 0 Å². The highest BCUT2D eigenvalue weighted by Gasteiger charge is 2.26. The van der Waals surface area contributed by atoms with Gasteiger partial charge in [0.25, 0.3) is 0 Å². The first-order valence-electron chi connectivity index (χ1n) is 6.73. The molecule has 0 radical (unpaired) electrons. The molecule has 1 atom stereocenters. The second-order valence-corrected chi connectivity index (χ2v) is 5.42. The maximum absolute atomic E-state index is 11.7. The molecule has 0 aromatic carbocycles. The molecule has 2 rings (SSSR count). The molecule has 1 unspecified atom stereocenters. The molecule has 0 spiro atoms. The lowest BCUT2D eigenvalue weighted by Crippen LogP contribution is -2.39. The summed E-state index contributed by atoms with van der Waals surface area (Å²) in [7, 11) is 1.79. The third kappa shape index (κ3) is 2.85. The van der Waals surface area contributed by atoms with Crippen LogP contribution in [0, 0.1) is 12.8 Å². The van der Waals surface area contributed by atoms with Crippen LogP contribution in [0.5, 0.6) is 5.75 Å². The first-order valence-corrected chi connectivity index (χ1v) is 6.73.